The first-order valence-electron chi connectivity index (χ1n) is 7.03. The third-order valence-electron chi connectivity index (χ3n) is 3.67. The summed E-state index contributed by atoms with van der Waals surface area (Å²) >= 11 is 0. The van der Waals surface area contributed by atoms with Crippen molar-refractivity contribution >= 4 is 11.0 Å². The molecule has 0 amide bonds. The molecule has 4 rings (SSSR count). The van der Waals surface area contributed by atoms with Crippen LogP contribution in [0, 0.1) is 6.92 Å². The van der Waals surface area contributed by atoms with Crippen LogP contribution in [0.5, 0.6) is 0 Å². The number of imidazole rings is 1. The molecule has 0 unspecified atom stereocenters. The van der Waals surface area contributed by atoms with Gasteiger partial charge in [0.15, 0.2) is 0 Å². The zero-order valence-corrected chi connectivity index (χ0v) is 12.3. The Morgan fingerprint density at radius 1 is 1.05 bits per heavy atom. The maximum Gasteiger partial charge on any atom is 0.258 e. The summed E-state index contributed by atoms with van der Waals surface area (Å²) in [5.74, 6) is 1.10. The highest BCUT2D eigenvalue weighted by atomic mass is 16.5. The molecular weight excluding hydrogens is 276 g/mol. The van der Waals surface area contributed by atoms with Gasteiger partial charge in [-0.15, -0.1) is 0 Å². The Labute approximate surface area is 127 Å². The number of aromatic nitrogens is 4. The summed E-state index contributed by atoms with van der Waals surface area (Å²) in [4.78, 5) is 8.85. The minimum atomic E-state index is 0.528. The summed E-state index contributed by atoms with van der Waals surface area (Å²) in [6.07, 6.45) is 1.79. The summed E-state index contributed by atoms with van der Waals surface area (Å²) in [5, 5.41) is 4.09. The lowest BCUT2D eigenvalue weighted by atomic mass is 10.1. The molecule has 0 spiro atoms. The normalized spacial score (nSPS) is 11.2. The Morgan fingerprint density at radius 3 is 2.82 bits per heavy atom. The molecule has 0 aliphatic carbocycles. The van der Waals surface area contributed by atoms with Gasteiger partial charge in [-0.1, -0.05) is 22.9 Å². The Bertz CT molecular complexity index is 968. The van der Waals surface area contributed by atoms with Crippen molar-refractivity contribution in [2.75, 3.05) is 0 Å². The summed E-state index contributed by atoms with van der Waals surface area (Å²) in [6.45, 7) is 2.04. The van der Waals surface area contributed by atoms with Gasteiger partial charge in [0.1, 0.15) is 0 Å². The van der Waals surface area contributed by atoms with Crippen LogP contribution in [-0.2, 0) is 7.05 Å². The van der Waals surface area contributed by atoms with Gasteiger partial charge in [-0.3, -0.25) is 0 Å². The Morgan fingerprint density at radius 2 is 1.95 bits per heavy atom. The van der Waals surface area contributed by atoms with Crippen LogP contribution in [0.2, 0.25) is 0 Å². The van der Waals surface area contributed by atoms with Gasteiger partial charge in [0.2, 0.25) is 5.82 Å². The maximum absolute atomic E-state index is 5.39. The molecule has 4 aromatic rings. The van der Waals surface area contributed by atoms with Crippen molar-refractivity contribution in [3.63, 3.8) is 0 Å². The summed E-state index contributed by atoms with van der Waals surface area (Å²) in [6, 6.07) is 14.0. The Hall–Kier alpha value is -2.95. The van der Waals surface area contributed by atoms with E-state index < -0.39 is 0 Å². The Kier molecular flexibility index (Phi) is 2.79. The summed E-state index contributed by atoms with van der Waals surface area (Å²) in [5.41, 5.74) is 4.98. The van der Waals surface area contributed by atoms with Crippen LogP contribution in [0.4, 0.5) is 0 Å². The average molecular weight is 290 g/mol. The van der Waals surface area contributed by atoms with Crippen molar-refractivity contribution in [2.45, 2.75) is 6.92 Å². The van der Waals surface area contributed by atoms with Crippen molar-refractivity contribution in [1.29, 1.82) is 0 Å². The second-order valence-electron chi connectivity index (χ2n) is 5.35. The second kappa shape index (κ2) is 4.80. The van der Waals surface area contributed by atoms with Crippen molar-refractivity contribution in [1.82, 2.24) is 19.7 Å². The highest BCUT2D eigenvalue weighted by Crippen LogP contribution is 2.25. The first kappa shape index (κ1) is 12.8. The molecule has 5 heteroatoms. The lowest BCUT2D eigenvalue weighted by molar-refractivity contribution is 0.432. The van der Waals surface area contributed by atoms with Crippen molar-refractivity contribution in [3.05, 3.63) is 54.4 Å². The zero-order valence-electron chi connectivity index (χ0n) is 12.3. The van der Waals surface area contributed by atoms with E-state index >= 15 is 0 Å². The highest BCUT2D eigenvalue weighted by molar-refractivity contribution is 5.80. The van der Waals surface area contributed by atoms with Crippen molar-refractivity contribution in [2.24, 2.45) is 7.05 Å². The van der Waals surface area contributed by atoms with E-state index in [0.29, 0.717) is 11.7 Å². The molecule has 0 fully saturated rings. The molecule has 2 aromatic heterocycles. The van der Waals surface area contributed by atoms with Crippen LogP contribution in [-0.4, -0.2) is 19.7 Å². The first-order chi connectivity index (χ1) is 10.7. The fraction of sp³-hybridized carbons (Fsp3) is 0.118. The van der Waals surface area contributed by atoms with Crippen LogP contribution in [0.3, 0.4) is 0 Å². The minimum absolute atomic E-state index is 0.528. The predicted molar refractivity (Wildman–Crippen MR) is 84.2 cm³/mol. The molecule has 22 heavy (non-hydrogen) atoms. The van der Waals surface area contributed by atoms with Gasteiger partial charge in [-0.25, -0.2) is 4.98 Å². The lowest BCUT2D eigenvalue weighted by Crippen LogP contribution is -1.85. The van der Waals surface area contributed by atoms with Gasteiger partial charge in [-0.2, -0.15) is 4.98 Å². The molecule has 0 N–H and O–H groups in total. The molecule has 0 aliphatic heterocycles. The van der Waals surface area contributed by atoms with E-state index in [0.717, 1.165) is 27.7 Å². The van der Waals surface area contributed by atoms with E-state index in [2.05, 4.69) is 15.1 Å². The molecule has 0 radical (unpaired) electrons. The van der Waals surface area contributed by atoms with Gasteiger partial charge in [0.05, 0.1) is 17.4 Å². The molecule has 0 atom stereocenters. The van der Waals surface area contributed by atoms with Gasteiger partial charge < -0.3 is 9.09 Å². The fourth-order valence-electron chi connectivity index (χ4n) is 2.51. The Balaban J connectivity index is 1.76. The lowest BCUT2D eigenvalue weighted by Gasteiger charge is -1.97. The SMILES string of the molecule is Cc1cccc(-c2nc(-c3ccc4c(c3)ncn4C)no2)c1. The summed E-state index contributed by atoms with van der Waals surface area (Å²) < 4.78 is 7.37. The highest BCUT2D eigenvalue weighted by Gasteiger charge is 2.12. The number of benzene rings is 2. The third kappa shape index (κ3) is 2.07. The van der Waals surface area contributed by atoms with Crippen molar-refractivity contribution in [3.8, 4) is 22.8 Å². The van der Waals surface area contributed by atoms with Gasteiger partial charge >= 0.3 is 0 Å². The first-order valence-corrected chi connectivity index (χ1v) is 7.03. The van der Waals surface area contributed by atoms with Crippen LogP contribution in [0.25, 0.3) is 33.9 Å². The molecule has 108 valence electrons. The topological polar surface area (TPSA) is 56.7 Å². The minimum Gasteiger partial charge on any atom is -0.334 e. The number of hydrogen-bond acceptors (Lipinski definition) is 4. The zero-order chi connectivity index (χ0) is 15.1. The van der Waals surface area contributed by atoms with Crippen LogP contribution in [0.15, 0.2) is 53.3 Å². The molecule has 0 saturated carbocycles. The van der Waals surface area contributed by atoms with E-state index in [9.17, 15) is 0 Å². The smallest absolute Gasteiger partial charge is 0.258 e. The number of rotatable bonds is 2. The van der Waals surface area contributed by atoms with Crippen LogP contribution >= 0.6 is 0 Å². The van der Waals surface area contributed by atoms with Gasteiger partial charge in [-0.05, 0) is 37.3 Å². The summed E-state index contributed by atoms with van der Waals surface area (Å²) in [7, 11) is 1.97. The number of nitrogens with zero attached hydrogens (tertiary/aromatic N) is 4. The van der Waals surface area contributed by atoms with Crippen LogP contribution in [0.1, 0.15) is 5.56 Å². The van der Waals surface area contributed by atoms with Gasteiger partial charge in [0, 0.05) is 18.2 Å². The van der Waals surface area contributed by atoms with Gasteiger partial charge in [0.25, 0.3) is 5.89 Å². The standard InChI is InChI=1S/C17H14N4O/c1-11-4-3-5-13(8-11)17-19-16(20-22-17)12-6-7-15-14(9-12)18-10-21(15)2/h3-10H,1-2H3. The van der Waals surface area contributed by atoms with E-state index in [-0.39, 0.29) is 0 Å². The van der Waals surface area contributed by atoms with E-state index in [1.165, 1.54) is 0 Å². The molecule has 5 nitrogen and oxygen atoms in total. The largest absolute Gasteiger partial charge is 0.334 e. The molecule has 0 bridgehead atoms. The quantitative estimate of drug-likeness (QED) is 0.566. The second-order valence-corrected chi connectivity index (χ2v) is 5.35. The number of fused-ring (bicyclic) bond motifs is 1. The molecule has 0 aliphatic rings. The monoisotopic (exact) mass is 290 g/mol. The average Bonchev–Trinajstić information content (AvgIpc) is 3.15. The number of aryl methyl sites for hydroxylation is 2. The van der Waals surface area contributed by atoms with E-state index in [1.54, 1.807) is 6.33 Å². The van der Waals surface area contributed by atoms with E-state index in [1.807, 2.05) is 61.0 Å². The molecular formula is C17H14N4O. The van der Waals surface area contributed by atoms with Crippen LogP contribution < -0.4 is 0 Å². The maximum atomic E-state index is 5.39. The number of hydrogen-bond donors (Lipinski definition) is 0. The van der Waals surface area contributed by atoms with Crippen molar-refractivity contribution < 1.29 is 4.52 Å². The van der Waals surface area contributed by atoms with E-state index in [4.69, 9.17) is 4.52 Å². The molecule has 0 saturated heterocycles. The molecule has 2 aromatic carbocycles. The third-order valence-corrected chi connectivity index (χ3v) is 3.67. The molecule has 2 heterocycles. The predicted octanol–water partition coefficient (Wildman–Crippen LogP) is 3.60. The fourth-order valence-corrected chi connectivity index (χ4v) is 2.51.